The molecule has 1 aromatic heterocycles. The molecule has 0 spiro atoms. The Morgan fingerprint density at radius 1 is 1.00 bits per heavy atom. The van der Waals surface area contributed by atoms with Crippen LogP contribution in [0.25, 0.3) is 10.9 Å². The average Bonchev–Trinajstić information content (AvgIpc) is 2.59. The topological polar surface area (TPSA) is 71.1 Å². The van der Waals surface area contributed by atoms with Crippen molar-refractivity contribution in [3.05, 3.63) is 75.6 Å². The maximum absolute atomic E-state index is 13.4. The molecule has 0 aliphatic rings. The normalized spacial score (nSPS) is 10.5. The monoisotopic (exact) mass is 401 g/mol. The molecule has 5 nitrogen and oxygen atoms in total. The van der Waals surface area contributed by atoms with E-state index in [0.29, 0.717) is 22.2 Å². The van der Waals surface area contributed by atoms with Crippen molar-refractivity contribution in [2.75, 3.05) is 0 Å². The lowest BCUT2D eigenvalue weighted by molar-refractivity contribution is 0.0846. The van der Waals surface area contributed by atoms with Gasteiger partial charge in [0.25, 0.3) is 11.8 Å². The number of aromatic nitrogens is 1. The maximum atomic E-state index is 13.4. The Morgan fingerprint density at radius 2 is 1.68 bits per heavy atom. The van der Waals surface area contributed by atoms with E-state index in [1.54, 1.807) is 43.3 Å². The fourth-order valence-corrected chi connectivity index (χ4v) is 2.59. The predicted octanol–water partition coefficient (Wildman–Crippen LogP) is 3.52. The number of halogens is 2. The third-order valence-electron chi connectivity index (χ3n) is 3.61. The molecule has 0 aliphatic heterocycles. The number of carbonyl (C=O) groups excluding carboxylic acids is 2. The van der Waals surface area contributed by atoms with Crippen molar-refractivity contribution in [3.8, 4) is 0 Å². The van der Waals surface area contributed by atoms with Gasteiger partial charge in [0.15, 0.2) is 0 Å². The first kappa shape index (κ1) is 17.0. The Hall–Kier alpha value is -2.80. The van der Waals surface area contributed by atoms with Gasteiger partial charge in [0.2, 0.25) is 0 Å². The number of benzene rings is 2. The summed E-state index contributed by atoms with van der Waals surface area (Å²) in [7, 11) is 0. The molecular formula is C18H13BrFN3O2. The van der Waals surface area contributed by atoms with Gasteiger partial charge in [-0.1, -0.05) is 15.9 Å². The Bertz CT molecular complexity index is 974. The van der Waals surface area contributed by atoms with Crippen LogP contribution in [0.1, 0.15) is 26.4 Å². The number of hydrogen-bond acceptors (Lipinski definition) is 3. The Kier molecular flexibility index (Phi) is 4.76. The van der Waals surface area contributed by atoms with Crippen molar-refractivity contribution in [1.82, 2.24) is 15.8 Å². The van der Waals surface area contributed by atoms with Gasteiger partial charge < -0.3 is 0 Å². The summed E-state index contributed by atoms with van der Waals surface area (Å²) >= 11 is 3.29. The molecule has 3 aromatic rings. The number of carbonyl (C=O) groups is 2. The Balaban J connectivity index is 1.76. The van der Waals surface area contributed by atoms with Crippen LogP contribution in [0, 0.1) is 12.7 Å². The lowest BCUT2D eigenvalue weighted by Crippen LogP contribution is -2.41. The molecule has 0 saturated heterocycles. The van der Waals surface area contributed by atoms with E-state index in [1.807, 2.05) is 0 Å². The van der Waals surface area contributed by atoms with Crippen molar-refractivity contribution in [1.29, 1.82) is 0 Å². The summed E-state index contributed by atoms with van der Waals surface area (Å²) in [5.74, 6) is -1.38. The second-order valence-electron chi connectivity index (χ2n) is 5.37. The minimum atomic E-state index is -0.526. The van der Waals surface area contributed by atoms with Gasteiger partial charge in [-0.05, 0) is 55.5 Å². The molecule has 0 saturated carbocycles. The molecule has 0 aliphatic carbocycles. The number of nitrogens with zero attached hydrogens (tertiary/aromatic N) is 1. The average molecular weight is 402 g/mol. The molecule has 2 amide bonds. The minimum Gasteiger partial charge on any atom is -0.267 e. The molecule has 25 heavy (non-hydrogen) atoms. The van der Waals surface area contributed by atoms with Crippen molar-refractivity contribution < 1.29 is 14.0 Å². The standard InChI is InChI=1S/C18H13BrFN3O2/c1-10-15(9-12-8-14(20)6-7-16(12)21-10)18(25)23-22-17(24)11-2-4-13(19)5-3-11/h2-9H,1H3,(H,22,24)(H,23,25). The van der Waals surface area contributed by atoms with Crippen LogP contribution in [0.3, 0.4) is 0 Å². The molecular weight excluding hydrogens is 389 g/mol. The summed E-state index contributed by atoms with van der Waals surface area (Å²) in [6.45, 7) is 1.67. The zero-order valence-corrected chi connectivity index (χ0v) is 14.7. The van der Waals surface area contributed by atoms with E-state index in [9.17, 15) is 14.0 Å². The van der Waals surface area contributed by atoms with E-state index >= 15 is 0 Å². The molecule has 0 atom stereocenters. The summed E-state index contributed by atoms with van der Waals surface area (Å²) in [4.78, 5) is 28.6. The first-order valence-electron chi connectivity index (χ1n) is 7.37. The van der Waals surface area contributed by atoms with Gasteiger partial charge in [-0.3, -0.25) is 25.4 Å². The summed E-state index contributed by atoms with van der Waals surface area (Å²) in [6.07, 6.45) is 0. The highest BCUT2D eigenvalue weighted by atomic mass is 79.9. The first-order chi connectivity index (χ1) is 11.9. The zero-order chi connectivity index (χ0) is 18.0. The lowest BCUT2D eigenvalue weighted by atomic mass is 10.1. The fraction of sp³-hybridized carbons (Fsp3) is 0.0556. The zero-order valence-electron chi connectivity index (χ0n) is 13.1. The van der Waals surface area contributed by atoms with Crippen LogP contribution >= 0.6 is 15.9 Å². The molecule has 1 heterocycles. The molecule has 2 aromatic carbocycles. The number of rotatable bonds is 2. The van der Waals surface area contributed by atoms with E-state index < -0.39 is 17.6 Å². The van der Waals surface area contributed by atoms with Crippen molar-refractivity contribution in [2.24, 2.45) is 0 Å². The van der Waals surface area contributed by atoms with Crippen LogP contribution in [0.15, 0.2) is 53.0 Å². The van der Waals surface area contributed by atoms with Gasteiger partial charge in [-0.2, -0.15) is 0 Å². The number of hydrogen-bond donors (Lipinski definition) is 2. The maximum Gasteiger partial charge on any atom is 0.271 e. The number of hydrazine groups is 1. The molecule has 7 heteroatoms. The third-order valence-corrected chi connectivity index (χ3v) is 4.14. The summed E-state index contributed by atoms with van der Waals surface area (Å²) < 4.78 is 14.2. The van der Waals surface area contributed by atoms with Crippen molar-refractivity contribution >= 4 is 38.6 Å². The SMILES string of the molecule is Cc1nc2ccc(F)cc2cc1C(=O)NNC(=O)c1ccc(Br)cc1. The highest BCUT2D eigenvalue weighted by Crippen LogP contribution is 2.17. The van der Waals surface area contributed by atoms with Crippen LogP contribution in [0.4, 0.5) is 4.39 Å². The fourth-order valence-electron chi connectivity index (χ4n) is 2.33. The number of amides is 2. The van der Waals surface area contributed by atoms with Gasteiger partial charge in [-0.15, -0.1) is 0 Å². The molecule has 0 unspecified atom stereocenters. The minimum absolute atomic E-state index is 0.259. The van der Waals surface area contributed by atoms with Gasteiger partial charge in [-0.25, -0.2) is 4.39 Å². The van der Waals surface area contributed by atoms with Crippen LogP contribution < -0.4 is 10.9 Å². The highest BCUT2D eigenvalue weighted by molar-refractivity contribution is 9.10. The van der Waals surface area contributed by atoms with Crippen molar-refractivity contribution in [3.63, 3.8) is 0 Å². The molecule has 3 rings (SSSR count). The molecule has 126 valence electrons. The second-order valence-corrected chi connectivity index (χ2v) is 6.29. The van der Waals surface area contributed by atoms with E-state index in [1.165, 1.54) is 12.1 Å². The third kappa shape index (κ3) is 3.83. The summed E-state index contributed by atoms with van der Waals surface area (Å²) in [6, 6.07) is 12.4. The number of fused-ring (bicyclic) bond motifs is 1. The number of pyridine rings is 1. The van der Waals surface area contributed by atoms with E-state index in [-0.39, 0.29) is 5.56 Å². The van der Waals surface area contributed by atoms with Crippen LogP contribution in [-0.2, 0) is 0 Å². The van der Waals surface area contributed by atoms with Gasteiger partial charge in [0.1, 0.15) is 5.82 Å². The molecule has 2 N–H and O–H groups in total. The second kappa shape index (κ2) is 6.98. The Morgan fingerprint density at radius 3 is 2.40 bits per heavy atom. The van der Waals surface area contributed by atoms with Crippen LogP contribution in [-0.4, -0.2) is 16.8 Å². The highest BCUT2D eigenvalue weighted by Gasteiger charge is 2.13. The summed E-state index contributed by atoms with van der Waals surface area (Å²) in [5.41, 5.74) is 6.43. The number of nitrogens with one attached hydrogen (secondary N) is 2. The quantitative estimate of drug-likeness (QED) is 0.645. The predicted molar refractivity (Wildman–Crippen MR) is 95.5 cm³/mol. The van der Waals surface area contributed by atoms with Crippen molar-refractivity contribution in [2.45, 2.75) is 6.92 Å². The van der Waals surface area contributed by atoms with E-state index in [4.69, 9.17) is 0 Å². The van der Waals surface area contributed by atoms with E-state index in [2.05, 4.69) is 31.8 Å². The summed E-state index contributed by atoms with van der Waals surface area (Å²) in [5, 5.41) is 0.509. The van der Waals surface area contributed by atoms with Crippen LogP contribution in [0.5, 0.6) is 0 Å². The molecule has 0 radical (unpaired) electrons. The molecule has 0 bridgehead atoms. The van der Waals surface area contributed by atoms with Gasteiger partial charge in [0, 0.05) is 15.4 Å². The van der Waals surface area contributed by atoms with Crippen LogP contribution in [0.2, 0.25) is 0 Å². The Labute approximate surface area is 151 Å². The van der Waals surface area contributed by atoms with Gasteiger partial charge >= 0.3 is 0 Å². The lowest BCUT2D eigenvalue weighted by Gasteiger charge is -2.10. The number of aryl methyl sites for hydroxylation is 1. The smallest absolute Gasteiger partial charge is 0.267 e. The van der Waals surface area contributed by atoms with E-state index in [0.717, 1.165) is 4.47 Å². The van der Waals surface area contributed by atoms with Gasteiger partial charge in [0.05, 0.1) is 16.8 Å². The molecule has 0 fully saturated rings. The first-order valence-corrected chi connectivity index (χ1v) is 8.16. The largest absolute Gasteiger partial charge is 0.271 e.